The van der Waals surface area contributed by atoms with Gasteiger partial charge >= 0.3 is 0 Å². The molecule has 144 valence electrons. The molecule has 0 heterocycles. The normalized spacial score (nSPS) is 10.2. The Kier molecular flexibility index (Phi) is 7.23. The van der Waals surface area contributed by atoms with Crippen LogP contribution in [0.1, 0.15) is 40.5 Å². The van der Waals surface area contributed by atoms with Gasteiger partial charge in [-0.1, -0.05) is 13.3 Å². The summed E-state index contributed by atoms with van der Waals surface area (Å²) >= 11 is 0. The highest BCUT2D eigenvalue weighted by molar-refractivity contribution is 6.05. The van der Waals surface area contributed by atoms with E-state index in [0.717, 1.165) is 12.8 Å². The van der Waals surface area contributed by atoms with E-state index in [2.05, 4.69) is 12.2 Å². The molecule has 1 N–H and O–H groups in total. The Hall–Kier alpha value is -3.02. The lowest BCUT2D eigenvalue weighted by atomic mass is 10.1. The van der Waals surface area contributed by atoms with Crippen molar-refractivity contribution >= 4 is 17.5 Å². The summed E-state index contributed by atoms with van der Waals surface area (Å²) in [4.78, 5) is 25.9. The first kappa shape index (κ1) is 20.3. The van der Waals surface area contributed by atoms with Crippen LogP contribution in [0.15, 0.2) is 42.5 Å². The average Bonchev–Trinajstić information content (AvgIpc) is 2.68. The van der Waals surface area contributed by atoms with Crippen molar-refractivity contribution in [3.05, 3.63) is 53.6 Å². The summed E-state index contributed by atoms with van der Waals surface area (Å²) < 4.78 is 11.0. The van der Waals surface area contributed by atoms with Gasteiger partial charge in [-0.25, -0.2) is 0 Å². The number of unbranched alkanes of at least 4 members (excludes halogenated alkanes) is 1. The number of carbonyl (C=O) groups is 2. The van der Waals surface area contributed by atoms with E-state index in [1.165, 1.54) is 4.90 Å². The monoisotopic (exact) mass is 370 g/mol. The third kappa shape index (κ3) is 5.48. The standard InChI is InChI=1S/C21H26N2O4/c1-5-6-13-27-18-12-9-16(14-19(18)26-4)20(24)22-17-10-7-15(8-11-17)21(25)23(2)3/h7-12,14H,5-6,13H2,1-4H3,(H,22,24). The van der Waals surface area contributed by atoms with E-state index in [1.807, 2.05) is 0 Å². The molecule has 0 aliphatic rings. The number of nitrogens with zero attached hydrogens (tertiary/aromatic N) is 1. The Morgan fingerprint density at radius 3 is 2.26 bits per heavy atom. The van der Waals surface area contributed by atoms with Crippen molar-refractivity contribution < 1.29 is 19.1 Å². The molecule has 2 aromatic rings. The van der Waals surface area contributed by atoms with Crippen molar-refractivity contribution in [2.24, 2.45) is 0 Å². The lowest BCUT2D eigenvalue weighted by Crippen LogP contribution is -2.21. The average molecular weight is 370 g/mol. The van der Waals surface area contributed by atoms with E-state index in [0.29, 0.717) is 34.9 Å². The first-order valence-corrected chi connectivity index (χ1v) is 8.90. The van der Waals surface area contributed by atoms with Gasteiger partial charge in [0, 0.05) is 30.9 Å². The molecule has 6 nitrogen and oxygen atoms in total. The number of ether oxygens (including phenoxy) is 2. The van der Waals surface area contributed by atoms with E-state index in [1.54, 1.807) is 63.7 Å². The molecule has 0 radical (unpaired) electrons. The van der Waals surface area contributed by atoms with Crippen LogP contribution in [0.4, 0.5) is 5.69 Å². The molecule has 0 fully saturated rings. The maximum Gasteiger partial charge on any atom is 0.255 e. The minimum absolute atomic E-state index is 0.0868. The maximum absolute atomic E-state index is 12.5. The number of hydrogen-bond acceptors (Lipinski definition) is 4. The summed E-state index contributed by atoms with van der Waals surface area (Å²) in [5.74, 6) is 0.788. The summed E-state index contributed by atoms with van der Waals surface area (Å²) in [7, 11) is 4.94. The van der Waals surface area contributed by atoms with Gasteiger partial charge in [-0.2, -0.15) is 0 Å². The number of hydrogen-bond donors (Lipinski definition) is 1. The Balaban J connectivity index is 2.08. The Labute approximate surface area is 160 Å². The lowest BCUT2D eigenvalue weighted by molar-refractivity contribution is 0.0827. The molecule has 0 saturated carbocycles. The van der Waals surface area contributed by atoms with Crippen LogP contribution >= 0.6 is 0 Å². The van der Waals surface area contributed by atoms with E-state index in [4.69, 9.17) is 9.47 Å². The van der Waals surface area contributed by atoms with E-state index in [-0.39, 0.29) is 11.8 Å². The first-order chi connectivity index (χ1) is 13.0. The molecule has 2 rings (SSSR count). The highest BCUT2D eigenvalue weighted by Gasteiger charge is 2.12. The fourth-order valence-corrected chi connectivity index (χ4v) is 2.41. The molecule has 0 spiro atoms. The van der Waals surface area contributed by atoms with Crippen LogP contribution < -0.4 is 14.8 Å². The Morgan fingerprint density at radius 2 is 1.67 bits per heavy atom. The van der Waals surface area contributed by atoms with Crippen LogP contribution in [0.25, 0.3) is 0 Å². The number of amides is 2. The lowest BCUT2D eigenvalue weighted by Gasteiger charge is -2.13. The van der Waals surface area contributed by atoms with Gasteiger partial charge < -0.3 is 19.7 Å². The number of nitrogens with one attached hydrogen (secondary N) is 1. The van der Waals surface area contributed by atoms with Gasteiger partial charge in [0.2, 0.25) is 0 Å². The van der Waals surface area contributed by atoms with Crippen LogP contribution in [-0.2, 0) is 0 Å². The second kappa shape index (κ2) is 9.62. The largest absolute Gasteiger partial charge is 0.493 e. The molecule has 0 bridgehead atoms. The molecular weight excluding hydrogens is 344 g/mol. The van der Waals surface area contributed by atoms with Crippen molar-refractivity contribution in [1.82, 2.24) is 4.90 Å². The number of rotatable bonds is 8. The van der Waals surface area contributed by atoms with Gasteiger partial charge in [-0.05, 0) is 48.9 Å². The third-order valence-electron chi connectivity index (χ3n) is 3.98. The predicted molar refractivity (Wildman–Crippen MR) is 106 cm³/mol. The number of benzene rings is 2. The van der Waals surface area contributed by atoms with Gasteiger partial charge in [0.15, 0.2) is 11.5 Å². The molecule has 0 saturated heterocycles. The van der Waals surface area contributed by atoms with Crippen molar-refractivity contribution in [3.63, 3.8) is 0 Å². The van der Waals surface area contributed by atoms with Gasteiger partial charge in [-0.3, -0.25) is 9.59 Å². The highest BCUT2D eigenvalue weighted by Crippen LogP contribution is 2.28. The summed E-state index contributed by atoms with van der Waals surface area (Å²) in [5, 5.41) is 2.82. The Morgan fingerprint density at radius 1 is 1.00 bits per heavy atom. The van der Waals surface area contributed by atoms with Crippen LogP contribution in [0.3, 0.4) is 0 Å². The smallest absolute Gasteiger partial charge is 0.255 e. The second-order valence-electron chi connectivity index (χ2n) is 6.30. The Bertz CT molecular complexity index is 785. The maximum atomic E-state index is 12.5. The fourth-order valence-electron chi connectivity index (χ4n) is 2.41. The van der Waals surface area contributed by atoms with Gasteiger partial charge in [0.05, 0.1) is 13.7 Å². The minimum Gasteiger partial charge on any atom is -0.493 e. The van der Waals surface area contributed by atoms with Crippen molar-refractivity contribution in [2.75, 3.05) is 33.1 Å². The summed E-state index contributed by atoms with van der Waals surface area (Å²) in [6.07, 6.45) is 2.00. The molecule has 2 aromatic carbocycles. The minimum atomic E-state index is -0.264. The van der Waals surface area contributed by atoms with Crippen LogP contribution in [0, 0.1) is 0 Å². The summed E-state index contributed by atoms with van der Waals surface area (Å²) in [5.41, 5.74) is 1.63. The highest BCUT2D eigenvalue weighted by atomic mass is 16.5. The molecule has 6 heteroatoms. The van der Waals surface area contributed by atoms with E-state index >= 15 is 0 Å². The third-order valence-corrected chi connectivity index (χ3v) is 3.98. The summed E-state index contributed by atoms with van der Waals surface area (Å²) in [6, 6.07) is 11.9. The molecule has 0 aliphatic carbocycles. The molecule has 2 amide bonds. The fraction of sp³-hybridized carbons (Fsp3) is 0.333. The molecular formula is C21H26N2O4. The molecule has 0 aromatic heterocycles. The predicted octanol–water partition coefficient (Wildman–Crippen LogP) is 3.83. The van der Waals surface area contributed by atoms with Gasteiger partial charge in [0.1, 0.15) is 0 Å². The molecule has 0 unspecified atom stereocenters. The number of anilines is 1. The number of carbonyl (C=O) groups excluding carboxylic acids is 2. The van der Waals surface area contributed by atoms with Crippen LogP contribution in [0.2, 0.25) is 0 Å². The van der Waals surface area contributed by atoms with Crippen LogP contribution in [0.5, 0.6) is 11.5 Å². The zero-order valence-electron chi connectivity index (χ0n) is 16.2. The summed E-state index contributed by atoms with van der Waals surface area (Å²) in [6.45, 7) is 2.70. The first-order valence-electron chi connectivity index (χ1n) is 8.90. The quantitative estimate of drug-likeness (QED) is 0.717. The van der Waals surface area contributed by atoms with Gasteiger partial charge in [0.25, 0.3) is 11.8 Å². The second-order valence-corrected chi connectivity index (χ2v) is 6.30. The van der Waals surface area contributed by atoms with Crippen molar-refractivity contribution in [1.29, 1.82) is 0 Å². The zero-order valence-corrected chi connectivity index (χ0v) is 16.2. The van der Waals surface area contributed by atoms with E-state index in [9.17, 15) is 9.59 Å². The zero-order chi connectivity index (χ0) is 19.8. The van der Waals surface area contributed by atoms with Crippen molar-refractivity contribution in [3.8, 4) is 11.5 Å². The van der Waals surface area contributed by atoms with Gasteiger partial charge in [-0.15, -0.1) is 0 Å². The molecule has 27 heavy (non-hydrogen) atoms. The van der Waals surface area contributed by atoms with E-state index < -0.39 is 0 Å². The van der Waals surface area contributed by atoms with Crippen LogP contribution in [-0.4, -0.2) is 44.5 Å². The van der Waals surface area contributed by atoms with Crippen molar-refractivity contribution in [2.45, 2.75) is 19.8 Å². The topological polar surface area (TPSA) is 67.9 Å². The molecule has 0 aliphatic heterocycles. The SMILES string of the molecule is CCCCOc1ccc(C(=O)Nc2ccc(C(=O)N(C)C)cc2)cc1OC. The molecule has 0 atom stereocenters. The number of methoxy groups -OCH3 is 1.